The van der Waals surface area contributed by atoms with Crippen molar-refractivity contribution in [2.45, 2.75) is 51.7 Å². The number of hydrogen-bond donors (Lipinski definition) is 10. The van der Waals surface area contributed by atoms with Crippen molar-refractivity contribution in [2.75, 3.05) is 212 Å². The molecule has 15 N–H and O–H groups in total. The molecule has 2 aliphatic heterocycles. The maximum Gasteiger partial charge on any atom is 0.263 e. The normalized spacial score (nSPS) is 12.5. The Hall–Kier alpha value is -16.7. The highest BCUT2D eigenvalue weighted by Crippen LogP contribution is 2.34. The molecule has 50 nitrogen and oxygen atoms in total. The van der Waals surface area contributed by atoms with Crippen LogP contribution in [0.3, 0.4) is 0 Å². The van der Waals surface area contributed by atoms with Crippen LogP contribution in [-0.2, 0) is 0 Å². The molecule has 2 fully saturated rings. The van der Waals surface area contributed by atoms with Gasteiger partial charge in [-0.25, -0.2) is 27.6 Å². The molecule has 2 aliphatic rings. The molecule has 0 spiro atoms. The molecule has 0 bridgehead atoms. The predicted molar refractivity (Wildman–Crippen MR) is 529 cm³/mol. The second-order valence-corrected chi connectivity index (χ2v) is 33.1. The van der Waals surface area contributed by atoms with Gasteiger partial charge in [-0.05, 0) is 102 Å². The first-order chi connectivity index (χ1) is 68.4. The van der Waals surface area contributed by atoms with Gasteiger partial charge in [0, 0.05) is 156 Å². The average molecular weight is 1970 g/mol. The number of nitrogens with one attached hydrogen (secondary N) is 5. The largest absolute Gasteiger partial charge is 0.494 e. The lowest BCUT2D eigenvalue weighted by Gasteiger charge is -2.30. The third-order valence-corrected chi connectivity index (χ3v) is 21.4. The van der Waals surface area contributed by atoms with E-state index in [-0.39, 0.29) is 79.9 Å². The number of anilines is 10. The van der Waals surface area contributed by atoms with Gasteiger partial charge in [0.2, 0.25) is 29.4 Å². The fourth-order valence-electron chi connectivity index (χ4n) is 13.9. The zero-order valence-corrected chi connectivity index (χ0v) is 81.1. The van der Waals surface area contributed by atoms with Crippen LogP contribution in [0, 0.1) is 0 Å². The molecule has 142 heavy (non-hydrogen) atoms. The smallest absolute Gasteiger partial charge is 0.263 e. The molecule has 0 radical (unpaired) electrons. The number of pyridine rings is 5. The van der Waals surface area contributed by atoms with E-state index in [0.717, 1.165) is 58.5 Å². The average Bonchev–Trinajstić information content (AvgIpc) is 1.66. The Labute approximate surface area is 818 Å². The van der Waals surface area contributed by atoms with Crippen LogP contribution >= 0.6 is 11.6 Å². The molecular formula is C91H112ClN35O15. The molecule has 15 aromatic heterocycles. The number of aromatic nitrogens is 20. The van der Waals surface area contributed by atoms with E-state index in [1.54, 1.807) is 110 Å². The number of rotatable bonds is 35. The lowest BCUT2D eigenvalue weighted by molar-refractivity contribution is 0.101. The summed E-state index contributed by atoms with van der Waals surface area (Å²) in [5.41, 5.74) is 34.2. The van der Waals surface area contributed by atoms with E-state index in [4.69, 9.17) is 87.6 Å². The first kappa shape index (κ1) is 103. The lowest BCUT2D eigenvalue weighted by atomic mass is 10.1. The number of ether oxygens (including phenoxy) is 10. The molecule has 748 valence electrons. The van der Waals surface area contributed by atoms with Crippen LogP contribution in [-0.4, -0.2) is 321 Å². The molecule has 15 aromatic rings. The summed E-state index contributed by atoms with van der Waals surface area (Å²) in [7, 11) is 19.8. The van der Waals surface area contributed by atoms with Crippen LogP contribution in [0.25, 0.3) is 28.2 Å². The summed E-state index contributed by atoms with van der Waals surface area (Å²) in [6.45, 7) is 13.2. The van der Waals surface area contributed by atoms with Crippen LogP contribution in [0.1, 0.15) is 91.3 Å². The zero-order valence-electron chi connectivity index (χ0n) is 80.4. The van der Waals surface area contributed by atoms with Crippen molar-refractivity contribution in [3.63, 3.8) is 0 Å². The Kier molecular flexibility index (Phi) is 35.1. The number of piperidine rings is 1. The van der Waals surface area contributed by atoms with Gasteiger partial charge in [0.25, 0.3) is 29.5 Å². The molecule has 0 unspecified atom stereocenters. The number of carbonyl (C=O) groups excluding carboxylic acids is 5. The number of nitrogens with zero attached hydrogens (tertiary/aromatic N) is 25. The van der Waals surface area contributed by atoms with E-state index in [2.05, 4.69) is 119 Å². The van der Waals surface area contributed by atoms with E-state index < -0.39 is 29.5 Å². The second-order valence-electron chi connectivity index (χ2n) is 32.7. The van der Waals surface area contributed by atoms with Crippen molar-refractivity contribution in [1.29, 1.82) is 0 Å². The summed E-state index contributed by atoms with van der Waals surface area (Å²) >= 11 is 5.85. The van der Waals surface area contributed by atoms with Gasteiger partial charge < -0.3 is 127 Å². The van der Waals surface area contributed by atoms with Gasteiger partial charge in [0.1, 0.15) is 116 Å². The summed E-state index contributed by atoms with van der Waals surface area (Å²) < 4.78 is 62.5. The third kappa shape index (κ3) is 26.8. The first-order valence-corrected chi connectivity index (χ1v) is 44.9. The standard InChI is InChI=1S/2C19H23N7O3.C19H25N7O3.C17H20ClN7O3.C17H21N7O3/c1-25-8-4-12(5-9-25)29-15-6-10-26-18(23-15)16(17(20)24-26)19(27)22-13-11-21-7-3-14(13)28-2;1-28-14-4-6-21-12-13(14)22-19(27)16-17(20)24-26-10-5-15(23-18(16)26)29-11-3-9-25-7-2-8-25;1-12(2)29-14-5-7-21-11-13(14)22-19(27)16-17(20)24-26-8-6-15(23-18(16)26)28-10-9-25(3)4;1-24(2)6-7-28-13-4-5-25-16(22-13)14(15(19)23-25)17(26)21-10-9-20-12(18)8-11(10)27-3;1-23(2)8-9-27-13-5-7-24-16(21-13)14(15(18)22-24)17(25)20-11-10-19-6-4-12(11)26-3/h3,6-7,10-12H,4-5,8-9H2,1-2H3,(H2,20,24)(H,22,27);4-6,10,12H,2-3,7-9,11H2,1H3,(H2,20,24)(H,22,27);5-8,11-12H,9-10H2,1-4H3,(H2,20,24)(H,22,27);4-5,8-9H,6-7H2,1-3H3,(H2,19,23)(H,21,26);4-7,10H,8-9H2,1-3H3,(H2,18,22)(H,20,25). The minimum absolute atomic E-state index is 0.0383. The van der Waals surface area contributed by atoms with Crippen molar-refractivity contribution in [2.24, 2.45) is 0 Å². The minimum atomic E-state index is -0.507. The summed E-state index contributed by atoms with van der Waals surface area (Å²) in [5.74, 6) is 2.33. The number of likely N-dealkylation sites (N-methyl/N-ethyl adjacent to an activating group) is 3. The number of hydrogen-bond acceptors (Lipinski definition) is 40. The molecular weight excluding hydrogens is 1860 g/mol. The number of methoxy groups -OCH3 is 4. The zero-order chi connectivity index (χ0) is 101. The highest BCUT2D eigenvalue weighted by Gasteiger charge is 2.30. The van der Waals surface area contributed by atoms with E-state index in [1.807, 2.05) is 70.8 Å². The van der Waals surface area contributed by atoms with E-state index in [9.17, 15) is 24.0 Å². The van der Waals surface area contributed by atoms with Crippen molar-refractivity contribution < 1.29 is 71.3 Å². The van der Waals surface area contributed by atoms with Crippen molar-refractivity contribution in [3.8, 4) is 58.1 Å². The molecule has 51 heteroatoms. The van der Waals surface area contributed by atoms with E-state index in [1.165, 1.54) is 108 Å². The van der Waals surface area contributed by atoms with Gasteiger partial charge >= 0.3 is 0 Å². The Morgan fingerprint density at radius 3 is 1.01 bits per heavy atom. The minimum Gasteiger partial charge on any atom is -0.494 e. The maximum absolute atomic E-state index is 12.9. The molecule has 0 atom stereocenters. The second kappa shape index (κ2) is 48.5. The topological polar surface area (TPSA) is 599 Å². The van der Waals surface area contributed by atoms with Gasteiger partial charge in [0.15, 0.2) is 57.3 Å². The highest BCUT2D eigenvalue weighted by molar-refractivity contribution is 6.29. The lowest BCUT2D eigenvalue weighted by Crippen LogP contribution is -2.38. The van der Waals surface area contributed by atoms with Gasteiger partial charge in [-0.2, -0.15) is 24.9 Å². The molecule has 17 heterocycles. The summed E-state index contributed by atoms with van der Waals surface area (Å²) in [4.78, 5) is 117. The number of halogens is 1. The fourth-order valence-corrected chi connectivity index (χ4v) is 14.0. The Bertz CT molecular complexity index is 6880. The van der Waals surface area contributed by atoms with E-state index >= 15 is 0 Å². The molecule has 0 aromatic carbocycles. The maximum atomic E-state index is 12.9. The van der Waals surface area contributed by atoms with Crippen LogP contribution in [0.15, 0.2) is 147 Å². The Morgan fingerprint density at radius 1 is 0.408 bits per heavy atom. The predicted octanol–water partition coefficient (Wildman–Crippen LogP) is 7.04. The molecule has 17 rings (SSSR count). The Morgan fingerprint density at radius 2 is 0.704 bits per heavy atom. The molecule has 0 aliphatic carbocycles. The van der Waals surface area contributed by atoms with Crippen molar-refractivity contribution in [3.05, 3.63) is 180 Å². The fraction of sp³-hybridized carbons (Fsp3) is 0.341. The van der Waals surface area contributed by atoms with Crippen LogP contribution in [0.4, 0.5) is 57.5 Å². The number of nitrogen functional groups attached to an aromatic ring is 5. The third-order valence-electron chi connectivity index (χ3n) is 21.1. The quantitative estimate of drug-likeness (QED) is 0.0141. The van der Waals surface area contributed by atoms with Gasteiger partial charge in [-0.1, -0.05) is 11.6 Å². The summed E-state index contributed by atoms with van der Waals surface area (Å²) in [5, 5.41) is 34.7. The van der Waals surface area contributed by atoms with Crippen LogP contribution < -0.4 is 103 Å². The molecule has 2 saturated heterocycles. The van der Waals surface area contributed by atoms with Gasteiger partial charge in [0.05, 0.1) is 72.1 Å². The number of likely N-dealkylation sites (tertiary alicyclic amines) is 2. The van der Waals surface area contributed by atoms with Gasteiger partial charge in [-0.3, -0.25) is 43.9 Å². The van der Waals surface area contributed by atoms with Crippen LogP contribution in [0.2, 0.25) is 5.15 Å². The van der Waals surface area contributed by atoms with E-state index in [0.29, 0.717) is 136 Å². The molecule has 5 amide bonds. The SMILES string of the molecule is CC(C)Oc1ccncc1NC(=O)c1c(N)nn2ccc(OCCN(C)C)nc12.COc1cc(Cl)ncc1NC(=O)c1c(N)nn2ccc(OCCN(C)C)nc12.COc1ccncc1NC(=O)c1c(N)nn2ccc(OC3CCN(C)CC3)nc12.COc1ccncc1NC(=O)c1c(N)nn2ccc(OCCCN3CCC3)nc12.COc1ccncc1NC(=O)c1c(N)nn2ccc(OCCN(C)C)nc12. The number of nitrogens with two attached hydrogens (primary N) is 5. The van der Waals surface area contributed by atoms with Gasteiger partial charge in [-0.15, -0.1) is 25.5 Å². The number of carbonyl (C=O) groups is 5. The summed E-state index contributed by atoms with van der Waals surface area (Å²) in [6, 6.07) is 16.6. The van der Waals surface area contributed by atoms with Crippen LogP contribution in [0.5, 0.6) is 58.1 Å². The monoisotopic (exact) mass is 1970 g/mol. The number of amides is 5. The Balaban J connectivity index is 0.000000149. The van der Waals surface area contributed by atoms with Crippen molar-refractivity contribution >= 4 is 127 Å². The molecule has 0 saturated carbocycles. The number of fused-ring (bicyclic) bond motifs is 5. The van der Waals surface area contributed by atoms with Crippen molar-refractivity contribution in [1.82, 2.24) is 122 Å². The summed E-state index contributed by atoms with van der Waals surface area (Å²) in [6.07, 6.45) is 26.1. The first-order valence-electron chi connectivity index (χ1n) is 44.5. The highest BCUT2D eigenvalue weighted by atomic mass is 35.5.